The van der Waals surface area contributed by atoms with Crippen LogP contribution in [0.1, 0.15) is 79.6 Å². The van der Waals surface area contributed by atoms with Crippen molar-refractivity contribution in [1.29, 1.82) is 0 Å². The molecule has 1 aliphatic rings. The van der Waals surface area contributed by atoms with Gasteiger partial charge in [-0.25, -0.2) is 0 Å². The molecule has 0 heteroatoms. The van der Waals surface area contributed by atoms with Crippen LogP contribution in [0.2, 0.25) is 0 Å². The van der Waals surface area contributed by atoms with Crippen molar-refractivity contribution in [2.45, 2.75) is 79.6 Å². The van der Waals surface area contributed by atoms with Crippen molar-refractivity contribution < 1.29 is 0 Å². The Kier molecular flexibility index (Phi) is 5.34. The molecule has 0 aromatic carbocycles. The minimum absolute atomic E-state index is 0.637. The van der Waals surface area contributed by atoms with Gasteiger partial charge in [0.2, 0.25) is 0 Å². The third-order valence-electron chi connectivity index (χ3n) is 5.44. The highest BCUT2D eigenvalue weighted by Gasteiger charge is 2.35. The topological polar surface area (TPSA) is 0 Å². The molecule has 0 amide bonds. The maximum atomic E-state index is 2.53. The summed E-state index contributed by atoms with van der Waals surface area (Å²) in [6.45, 7) is 12.2. The van der Waals surface area contributed by atoms with E-state index in [4.69, 9.17) is 0 Å². The SMILES string of the molecule is CCC(C)C1CC(C)(CC)CCCC1CC. The molecule has 0 aromatic rings. The van der Waals surface area contributed by atoms with Gasteiger partial charge in [0.25, 0.3) is 0 Å². The van der Waals surface area contributed by atoms with Crippen molar-refractivity contribution in [2.75, 3.05) is 0 Å². The van der Waals surface area contributed by atoms with Crippen molar-refractivity contribution in [3.63, 3.8) is 0 Å². The summed E-state index contributed by atoms with van der Waals surface area (Å²) in [5, 5.41) is 0. The molecule has 0 aliphatic heterocycles. The highest BCUT2D eigenvalue weighted by atomic mass is 14.4. The lowest BCUT2D eigenvalue weighted by Crippen LogP contribution is -2.26. The molecule has 0 nitrogen and oxygen atoms in total. The van der Waals surface area contributed by atoms with Gasteiger partial charge in [0.15, 0.2) is 0 Å². The van der Waals surface area contributed by atoms with E-state index in [1.165, 1.54) is 44.9 Å². The van der Waals surface area contributed by atoms with Crippen LogP contribution >= 0.6 is 0 Å². The molecule has 0 bridgehead atoms. The van der Waals surface area contributed by atoms with Gasteiger partial charge in [-0.3, -0.25) is 0 Å². The van der Waals surface area contributed by atoms with Crippen molar-refractivity contribution in [1.82, 2.24) is 0 Å². The highest BCUT2D eigenvalue weighted by molar-refractivity contribution is 4.86. The standard InChI is InChI=1S/C16H32/c1-6-13(4)15-12-16(5,8-3)11-9-10-14(15)7-2/h13-15H,6-12H2,1-5H3. The lowest BCUT2D eigenvalue weighted by Gasteiger charge is -2.35. The Morgan fingerprint density at radius 3 is 2.44 bits per heavy atom. The second kappa shape index (κ2) is 6.07. The molecule has 1 rings (SSSR count). The van der Waals surface area contributed by atoms with Gasteiger partial charge in [-0.15, -0.1) is 0 Å². The number of hydrogen-bond donors (Lipinski definition) is 0. The Balaban J connectivity index is 2.78. The van der Waals surface area contributed by atoms with E-state index >= 15 is 0 Å². The van der Waals surface area contributed by atoms with E-state index in [0.717, 1.165) is 17.8 Å². The van der Waals surface area contributed by atoms with Gasteiger partial charge in [0, 0.05) is 0 Å². The molecule has 4 unspecified atom stereocenters. The van der Waals surface area contributed by atoms with Gasteiger partial charge in [0.1, 0.15) is 0 Å². The second-order valence-corrected chi connectivity index (χ2v) is 6.48. The molecule has 16 heavy (non-hydrogen) atoms. The predicted octanol–water partition coefficient (Wildman–Crippen LogP) is 5.67. The third kappa shape index (κ3) is 3.25. The predicted molar refractivity (Wildman–Crippen MR) is 73.6 cm³/mol. The molecule has 0 N–H and O–H groups in total. The highest BCUT2D eigenvalue weighted by Crippen LogP contribution is 2.46. The van der Waals surface area contributed by atoms with Gasteiger partial charge in [0.05, 0.1) is 0 Å². The lowest BCUT2D eigenvalue weighted by molar-refractivity contribution is 0.150. The number of rotatable bonds is 4. The van der Waals surface area contributed by atoms with Crippen LogP contribution in [0.5, 0.6) is 0 Å². The summed E-state index contributed by atoms with van der Waals surface area (Å²) in [5.74, 6) is 2.92. The summed E-state index contributed by atoms with van der Waals surface area (Å²) in [7, 11) is 0. The molecule has 96 valence electrons. The maximum Gasteiger partial charge on any atom is -0.0326 e. The summed E-state index contributed by atoms with van der Waals surface area (Å²) >= 11 is 0. The van der Waals surface area contributed by atoms with Crippen LogP contribution in [0.25, 0.3) is 0 Å². The maximum absolute atomic E-state index is 2.53. The number of hydrogen-bond acceptors (Lipinski definition) is 0. The molecule has 1 fully saturated rings. The first-order valence-electron chi connectivity index (χ1n) is 7.56. The first-order valence-corrected chi connectivity index (χ1v) is 7.56. The summed E-state index contributed by atoms with van der Waals surface area (Å²) in [5.41, 5.74) is 0.637. The second-order valence-electron chi connectivity index (χ2n) is 6.48. The average Bonchev–Trinajstić information content (AvgIpc) is 2.48. The molecule has 4 atom stereocenters. The van der Waals surface area contributed by atoms with Crippen molar-refractivity contribution in [2.24, 2.45) is 23.2 Å². The minimum Gasteiger partial charge on any atom is -0.0651 e. The fraction of sp³-hybridized carbons (Fsp3) is 1.00. The van der Waals surface area contributed by atoms with E-state index in [9.17, 15) is 0 Å². The summed E-state index contributed by atoms with van der Waals surface area (Å²) in [6, 6.07) is 0. The first-order chi connectivity index (χ1) is 7.56. The van der Waals surface area contributed by atoms with E-state index < -0.39 is 0 Å². The largest absolute Gasteiger partial charge is 0.0651 e. The minimum atomic E-state index is 0.637. The van der Waals surface area contributed by atoms with Crippen LogP contribution in [-0.2, 0) is 0 Å². The fourth-order valence-corrected chi connectivity index (χ4v) is 3.64. The lowest BCUT2D eigenvalue weighted by atomic mass is 9.70. The average molecular weight is 224 g/mol. The third-order valence-corrected chi connectivity index (χ3v) is 5.44. The van der Waals surface area contributed by atoms with Crippen LogP contribution in [0.3, 0.4) is 0 Å². The van der Waals surface area contributed by atoms with E-state index in [0.29, 0.717) is 5.41 Å². The van der Waals surface area contributed by atoms with Crippen LogP contribution in [0.4, 0.5) is 0 Å². The van der Waals surface area contributed by atoms with Crippen molar-refractivity contribution in [3.8, 4) is 0 Å². The van der Waals surface area contributed by atoms with Gasteiger partial charge >= 0.3 is 0 Å². The van der Waals surface area contributed by atoms with Gasteiger partial charge < -0.3 is 0 Å². The Morgan fingerprint density at radius 2 is 1.94 bits per heavy atom. The monoisotopic (exact) mass is 224 g/mol. The smallest absolute Gasteiger partial charge is 0.0326 e. The summed E-state index contributed by atoms with van der Waals surface area (Å²) in [6.07, 6.45) is 10.0. The molecule has 0 radical (unpaired) electrons. The van der Waals surface area contributed by atoms with Gasteiger partial charge in [-0.2, -0.15) is 0 Å². The molecule has 0 saturated heterocycles. The molecular weight excluding hydrogens is 192 g/mol. The Bertz CT molecular complexity index is 196. The van der Waals surface area contributed by atoms with Crippen molar-refractivity contribution >= 4 is 0 Å². The molecule has 1 aliphatic carbocycles. The first kappa shape index (κ1) is 14.1. The van der Waals surface area contributed by atoms with Crippen molar-refractivity contribution in [3.05, 3.63) is 0 Å². The summed E-state index contributed by atoms with van der Waals surface area (Å²) < 4.78 is 0. The van der Waals surface area contributed by atoms with E-state index in [1.807, 2.05) is 0 Å². The fourth-order valence-electron chi connectivity index (χ4n) is 3.64. The molecule has 1 saturated carbocycles. The van der Waals surface area contributed by atoms with E-state index in [1.54, 1.807) is 0 Å². The normalized spacial score (nSPS) is 38.1. The van der Waals surface area contributed by atoms with E-state index in [2.05, 4.69) is 34.6 Å². The van der Waals surface area contributed by atoms with Crippen LogP contribution < -0.4 is 0 Å². The molecule has 0 heterocycles. The molecule has 0 spiro atoms. The van der Waals surface area contributed by atoms with Gasteiger partial charge in [-0.05, 0) is 36.0 Å². The molecule has 0 aromatic heterocycles. The zero-order chi connectivity index (χ0) is 12.2. The quantitative estimate of drug-likeness (QED) is 0.540. The zero-order valence-electron chi connectivity index (χ0n) is 12.2. The zero-order valence-corrected chi connectivity index (χ0v) is 12.2. The van der Waals surface area contributed by atoms with E-state index in [-0.39, 0.29) is 0 Å². The van der Waals surface area contributed by atoms with Crippen LogP contribution in [0.15, 0.2) is 0 Å². The van der Waals surface area contributed by atoms with Crippen LogP contribution in [-0.4, -0.2) is 0 Å². The Morgan fingerprint density at radius 1 is 1.25 bits per heavy atom. The Labute approximate surface area is 103 Å². The Hall–Kier alpha value is 0. The van der Waals surface area contributed by atoms with Crippen LogP contribution in [0, 0.1) is 23.2 Å². The molecular formula is C16H32. The summed E-state index contributed by atoms with van der Waals surface area (Å²) in [4.78, 5) is 0. The van der Waals surface area contributed by atoms with Gasteiger partial charge in [-0.1, -0.05) is 66.7 Å².